The Labute approximate surface area is 189 Å². The summed E-state index contributed by atoms with van der Waals surface area (Å²) in [4.78, 5) is 28.6. The largest absolute Gasteiger partial charge is 0.486 e. The van der Waals surface area contributed by atoms with Gasteiger partial charge in [0.25, 0.3) is 0 Å². The van der Waals surface area contributed by atoms with Crippen molar-refractivity contribution in [3.63, 3.8) is 0 Å². The molecule has 0 aliphatic heterocycles. The maximum atomic E-state index is 14.8. The van der Waals surface area contributed by atoms with Gasteiger partial charge in [0.2, 0.25) is 5.91 Å². The summed E-state index contributed by atoms with van der Waals surface area (Å²) in [7, 11) is 3.01. The number of methoxy groups -OCH3 is 1. The molecule has 1 amide bonds. The van der Waals surface area contributed by atoms with Crippen LogP contribution in [0.2, 0.25) is 0 Å². The molecular weight excluding hydrogens is 429 g/mol. The molecule has 0 unspecified atom stereocenters. The van der Waals surface area contributed by atoms with Crippen molar-refractivity contribution < 1.29 is 28.7 Å². The second kappa shape index (κ2) is 9.03. The molecule has 1 heterocycles. The number of rotatable bonds is 8. The van der Waals surface area contributed by atoms with Gasteiger partial charge in [-0.3, -0.25) is 14.8 Å². The first-order valence-corrected chi connectivity index (χ1v) is 10.4. The van der Waals surface area contributed by atoms with Gasteiger partial charge < -0.3 is 14.8 Å². The number of benzene rings is 2. The summed E-state index contributed by atoms with van der Waals surface area (Å²) in [5.74, 6) is -1.78. The van der Waals surface area contributed by atoms with Crippen molar-refractivity contribution in [1.29, 1.82) is 0 Å². The van der Waals surface area contributed by atoms with Gasteiger partial charge >= 0.3 is 5.97 Å². The van der Waals surface area contributed by atoms with Crippen molar-refractivity contribution in [3.8, 4) is 5.75 Å². The van der Waals surface area contributed by atoms with Crippen LogP contribution in [0.5, 0.6) is 5.75 Å². The van der Waals surface area contributed by atoms with Crippen LogP contribution < -0.4 is 15.5 Å². The molecule has 1 saturated carbocycles. The van der Waals surface area contributed by atoms with Gasteiger partial charge in [0, 0.05) is 18.0 Å². The molecule has 8 nitrogen and oxygen atoms in total. The predicted molar refractivity (Wildman–Crippen MR) is 118 cm³/mol. The van der Waals surface area contributed by atoms with Crippen LogP contribution >= 0.6 is 0 Å². The van der Waals surface area contributed by atoms with Crippen molar-refractivity contribution in [3.05, 3.63) is 65.5 Å². The normalized spacial score (nSPS) is 19.1. The topological polar surface area (TPSA) is 110 Å². The lowest BCUT2D eigenvalue weighted by molar-refractivity contribution is -0.149. The molecule has 1 aliphatic carbocycles. The number of nitrogens with zero attached hydrogens (tertiary/aromatic N) is 1. The number of amides is 1. The standard InChI is InChI=1S/C24H24FN3O5/c1-26-21-10-15(16-5-3-4-6-19(16)27-21)13-33-20-8-7-14(9-18(20)25)11-24(23(30)32-2)12-17(24)22(29)28-31/h3-10,17,31H,11-13H2,1-2H3,(H,26,27)(H,28,29)/t17-,24+/m1/s1. The van der Waals surface area contributed by atoms with Crippen molar-refractivity contribution in [1.82, 2.24) is 10.5 Å². The van der Waals surface area contributed by atoms with Gasteiger partial charge in [0.1, 0.15) is 12.4 Å². The van der Waals surface area contributed by atoms with Gasteiger partial charge in [-0.2, -0.15) is 0 Å². The molecule has 1 aromatic heterocycles. The Morgan fingerprint density at radius 1 is 1.24 bits per heavy atom. The number of nitrogens with one attached hydrogen (secondary N) is 2. The van der Waals surface area contributed by atoms with Gasteiger partial charge in [-0.15, -0.1) is 0 Å². The van der Waals surface area contributed by atoms with Gasteiger partial charge in [0.05, 0.1) is 24.0 Å². The Hall–Kier alpha value is -3.72. The molecule has 1 fully saturated rings. The van der Waals surface area contributed by atoms with E-state index in [9.17, 15) is 14.0 Å². The number of hydrogen-bond acceptors (Lipinski definition) is 7. The lowest BCUT2D eigenvalue weighted by Gasteiger charge is -2.16. The zero-order valence-electron chi connectivity index (χ0n) is 18.2. The van der Waals surface area contributed by atoms with Crippen LogP contribution in [-0.2, 0) is 27.4 Å². The fourth-order valence-corrected chi connectivity index (χ4v) is 4.21. The van der Waals surface area contributed by atoms with Crippen molar-refractivity contribution in [2.45, 2.75) is 19.4 Å². The monoisotopic (exact) mass is 453 g/mol. The van der Waals surface area contributed by atoms with Crippen LogP contribution in [0.3, 0.4) is 0 Å². The number of esters is 1. The molecule has 3 aromatic rings. The summed E-state index contributed by atoms with van der Waals surface area (Å²) in [5.41, 5.74) is 2.63. The van der Waals surface area contributed by atoms with E-state index in [1.54, 1.807) is 18.6 Å². The number of carbonyl (C=O) groups excluding carboxylic acids is 2. The molecule has 172 valence electrons. The summed E-state index contributed by atoms with van der Waals surface area (Å²) in [6, 6.07) is 13.9. The minimum atomic E-state index is -1.12. The zero-order valence-corrected chi connectivity index (χ0v) is 18.2. The molecule has 4 rings (SSSR count). The van der Waals surface area contributed by atoms with Crippen LogP contribution in [0, 0.1) is 17.2 Å². The second-order valence-corrected chi connectivity index (χ2v) is 8.04. The van der Waals surface area contributed by atoms with Gasteiger partial charge in [-0.1, -0.05) is 24.3 Å². The lowest BCUT2D eigenvalue weighted by atomic mass is 9.93. The number of hydrogen-bond donors (Lipinski definition) is 3. The van der Waals surface area contributed by atoms with E-state index >= 15 is 0 Å². The Balaban J connectivity index is 1.52. The fourth-order valence-electron chi connectivity index (χ4n) is 4.21. The lowest BCUT2D eigenvalue weighted by Crippen LogP contribution is -2.30. The number of hydroxylamine groups is 1. The van der Waals surface area contributed by atoms with Gasteiger partial charge in [0.15, 0.2) is 11.6 Å². The Bertz CT molecular complexity index is 1220. The third-order valence-corrected chi connectivity index (χ3v) is 6.05. The predicted octanol–water partition coefficient (Wildman–Crippen LogP) is 3.22. The fraction of sp³-hybridized carbons (Fsp3) is 0.292. The third kappa shape index (κ3) is 4.31. The minimum Gasteiger partial charge on any atom is -0.486 e. The molecule has 0 saturated heterocycles. The first kappa shape index (κ1) is 22.5. The van der Waals surface area contributed by atoms with E-state index in [-0.39, 0.29) is 25.2 Å². The average Bonchev–Trinajstić information content (AvgIpc) is 3.57. The van der Waals surface area contributed by atoms with E-state index in [2.05, 4.69) is 10.3 Å². The van der Waals surface area contributed by atoms with Crippen LogP contribution in [0.15, 0.2) is 48.5 Å². The SMILES string of the molecule is CNc1cc(COc2ccc(C[C@]3(C(=O)OC)C[C@@H]3C(=O)NO)cc2F)c2ccccc2n1. The number of ether oxygens (including phenoxy) is 2. The maximum absolute atomic E-state index is 14.8. The van der Waals surface area contributed by atoms with E-state index in [1.807, 2.05) is 30.3 Å². The van der Waals surface area contributed by atoms with Crippen molar-refractivity contribution >= 4 is 28.6 Å². The summed E-state index contributed by atoms with van der Waals surface area (Å²) in [6.45, 7) is 0.138. The third-order valence-electron chi connectivity index (χ3n) is 6.05. The highest BCUT2D eigenvalue weighted by Crippen LogP contribution is 2.55. The van der Waals surface area contributed by atoms with Crippen LogP contribution in [0.25, 0.3) is 10.9 Å². The number of carbonyl (C=O) groups is 2. The van der Waals surface area contributed by atoms with E-state index in [1.165, 1.54) is 19.2 Å². The molecule has 0 bridgehead atoms. The molecule has 33 heavy (non-hydrogen) atoms. The Kier molecular flexibility index (Phi) is 6.15. The summed E-state index contributed by atoms with van der Waals surface area (Å²) in [5, 5.41) is 12.8. The number of fused-ring (bicyclic) bond motifs is 1. The minimum absolute atomic E-state index is 0.0678. The van der Waals surface area contributed by atoms with E-state index in [0.717, 1.165) is 16.5 Å². The molecule has 0 radical (unpaired) electrons. The smallest absolute Gasteiger partial charge is 0.312 e. The quantitative estimate of drug-likeness (QED) is 0.273. The van der Waals surface area contributed by atoms with E-state index < -0.39 is 29.0 Å². The second-order valence-electron chi connectivity index (χ2n) is 8.04. The summed E-state index contributed by atoms with van der Waals surface area (Å²) < 4.78 is 25.4. The average molecular weight is 453 g/mol. The highest BCUT2D eigenvalue weighted by atomic mass is 19.1. The number of halogens is 1. The van der Waals surface area contributed by atoms with Crippen molar-refractivity contribution in [2.75, 3.05) is 19.5 Å². The van der Waals surface area contributed by atoms with Crippen LogP contribution in [0.1, 0.15) is 17.5 Å². The molecule has 9 heteroatoms. The number of aromatic nitrogens is 1. The summed E-state index contributed by atoms with van der Waals surface area (Å²) >= 11 is 0. The van der Waals surface area contributed by atoms with Crippen LogP contribution in [-0.4, -0.2) is 36.2 Å². The molecule has 2 atom stereocenters. The molecule has 3 N–H and O–H groups in total. The Morgan fingerprint density at radius 3 is 2.73 bits per heavy atom. The number of para-hydroxylation sites is 1. The number of pyridine rings is 1. The molecule has 0 spiro atoms. The highest BCUT2D eigenvalue weighted by molar-refractivity contribution is 5.93. The molecule has 1 aliphatic rings. The van der Waals surface area contributed by atoms with Gasteiger partial charge in [-0.25, -0.2) is 14.9 Å². The highest BCUT2D eigenvalue weighted by Gasteiger charge is 2.64. The first-order valence-electron chi connectivity index (χ1n) is 10.4. The van der Waals surface area contributed by atoms with E-state index in [4.69, 9.17) is 14.7 Å². The first-order chi connectivity index (χ1) is 15.9. The zero-order chi connectivity index (χ0) is 23.6. The Morgan fingerprint density at radius 2 is 2.03 bits per heavy atom. The summed E-state index contributed by atoms with van der Waals surface area (Å²) in [6.07, 6.45) is 0.324. The maximum Gasteiger partial charge on any atom is 0.312 e. The molecule has 2 aromatic carbocycles. The van der Waals surface area contributed by atoms with Crippen molar-refractivity contribution in [2.24, 2.45) is 11.3 Å². The van der Waals surface area contributed by atoms with Gasteiger partial charge in [-0.05, 0) is 42.7 Å². The van der Waals surface area contributed by atoms with Crippen LogP contribution in [0.4, 0.5) is 10.2 Å². The molecular formula is C24H24FN3O5. The number of anilines is 1. The van der Waals surface area contributed by atoms with E-state index in [0.29, 0.717) is 11.4 Å².